The summed E-state index contributed by atoms with van der Waals surface area (Å²) in [7, 11) is 0. The second-order valence-electron chi connectivity index (χ2n) is 6.75. The molecule has 1 saturated carbocycles. The number of hydrogen-bond donors (Lipinski definition) is 2. The molecule has 1 aliphatic carbocycles. The smallest absolute Gasteiger partial charge is 0.306 e. The number of carboxylic acids is 1. The number of aromatic nitrogens is 2. The molecule has 6 nitrogen and oxygen atoms in total. The highest BCUT2D eigenvalue weighted by Gasteiger charge is 2.27. The quantitative estimate of drug-likeness (QED) is 0.895. The largest absolute Gasteiger partial charge is 0.481 e. The van der Waals surface area contributed by atoms with Crippen LogP contribution in [0.15, 0.2) is 30.5 Å². The van der Waals surface area contributed by atoms with Gasteiger partial charge in [0.25, 0.3) is 5.91 Å². The van der Waals surface area contributed by atoms with E-state index < -0.39 is 5.97 Å². The number of aryl methyl sites for hydroxylation is 1. The minimum atomic E-state index is -0.736. The van der Waals surface area contributed by atoms with Gasteiger partial charge >= 0.3 is 5.97 Å². The fraction of sp³-hybridized carbons (Fsp3) is 0.421. The molecule has 1 fully saturated rings. The number of benzene rings is 1. The minimum Gasteiger partial charge on any atom is -0.481 e. The number of aliphatic carboxylic acids is 1. The summed E-state index contributed by atoms with van der Waals surface area (Å²) in [4.78, 5) is 23.6. The Labute approximate surface area is 146 Å². The highest BCUT2D eigenvalue weighted by molar-refractivity contribution is 5.95. The third kappa shape index (κ3) is 3.73. The molecule has 0 spiro atoms. The number of carbonyl (C=O) groups excluding carboxylic acids is 1. The highest BCUT2D eigenvalue weighted by atomic mass is 16.4. The Morgan fingerprint density at radius 1 is 1.20 bits per heavy atom. The van der Waals surface area contributed by atoms with Gasteiger partial charge in [0.15, 0.2) is 0 Å². The first-order valence-corrected chi connectivity index (χ1v) is 8.61. The van der Waals surface area contributed by atoms with Gasteiger partial charge in [-0.15, -0.1) is 0 Å². The summed E-state index contributed by atoms with van der Waals surface area (Å²) >= 11 is 0. The van der Waals surface area contributed by atoms with Crippen LogP contribution in [0.4, 0.5) is 0 Å². The maximum atomic E-state index is 12.6. The van der Waals surface area contributed by atoms with E-state index in [0.717, 1.165) is 16.9 Å². The first-order valence-electron chi connectivity index (χ1n) is 8.61. The average molecular weight is 341 g/mol. The molecule has 0 saturated heterocycles. The summed E-state index contributed by atoms with van der Waals surface area (Å²) in [5.74, 6) is -1.16. The van der Waals surface area contributed by atoms with Gasteiger partial charge in [-0.3, -0.25) is 9.59 Å². The van der Waals surface area contributed by atoms with E-state index in [1.807, 2.05) is 38.1 Å². The monoisotopic (exact) mass is 341 g/mol. The second-order valence-corrected chi connectivity index (χ2v) is 6.75. The Bertz CT molecular complexity index is 789. The predicted octanol–water partition coefficient (Wildman–Crippen LogP) is 2.86. The fourth-order valence-corrected chi connectivity index (χ4v) is 3.40. The van der Waals surface area contributed by atoms with Gasteiger partial charge in [-0.2, -0.15) is 5.10 Å². The number of nitrogens with zero attached hydrogens (tertiary/aromatic N) is 2. The summed E-state index contributed by atoms with van der Waals surface area (Å²) in [5.41, 5.74) is 3.41. The molecule has 3 rings (SSSR count). The molecule has 1 aromatic heterocycles. The van der Waals surface area contributed by atoms with Crippen LogP contribution in [0.1, 0.15) is 47.3 Å². The lowest BCUT2D eigenvalue weighted by Gasteiger charge is -2.26. The van der Waals surface area contributed by atoms with Crippen LogP contribution in [0.2, 0.25) is 0 Å². The van der Waals surface area contributed by atoms with Crippen molar-refractivity contribution < 1.29 is 14.7 Å². The zero-order valence-electron chi connectivity index (χ0n) is 14.5. The zero-order chi connectivity index (χ0) is 18.0. The van der Waals surface area contributed by atoms with Crippen LogP contribution in [0.25, 0.3) is 5.69 Å². The lowest BCUT2D eigenvalue weighted by molar-refractivity contribution is -0.142. The highest BCUT2D eigenvalue weighted by Crippen LogP contribution is 2.25. The number of carboxylic acid groups (broad SMARTS) is 1. The molecule has 0 radical (unpaired) electrons. The molecule has 1 aliphatic rings. The topological polar surface area (TPSA) is 84.2 Å². The zero-order valence-corrected chi connectivity index (χ0v) is 14.5. The predicted molar refractivity (Wildman–Crippen MR) is 93.9 cm³/mol. The first kappa shape index (κ1) is 17.2. The van der Waals surface area contributed by atoms with E-state index in [4.69, 9.17) is 5.11 Å². The third-order valence-corrected chi connectivity index (χ3v) is 4.91. The molecule has 2 aromatic rings. The van der Waals surface area contributed by atoms with E-state index in [0.29, 0.717) is 31.2 Å². The molecule has 0 atom stereocenters. The summed E-state index contributed by atoms with van der Waals surface area (Å²) in [6.45, 7) is 3.90. The molecule has 25 heavy (non-hydrogen) atoms. The van der Waals surface area contributed by atoms with E-state index >= 15 is 0 Å². The second kappa shape index (κ2) is 7.09. The summed E-state index contributed by atoms with van der Waals surface area (Å²) < 4.78 is 1.77. The summed E-state index contributed by atoms with van der Waals surface area (Å²) in [5, 5.41) is 16.4. The molecule has 0 aliphatic heterocycles. The van der Waals surface area contributed by atoms with Crippen LogP contribution >= 0.6 is 0 Å². The Morgan fingerprint density at radius 3 is 2.56 bits per heavy atom. The van der Waals surface area contributed by atoms with Gasteiger partial charge in [0.2, 0.25) is 0 Å². The molecule has 0 unspecified atom stereocenters. The van der Waals surface area contributed by atoms with Gasteiger partial charge in [0, 0.05) is 6.04 Å². The number of hydrogen-bond acceptors (Lipinski definition) is 3. The van der Waals surface area contributed by atoms with E-state index in [2.05, 4.69) is 10.4 Å². The van der Waals surface area contributed by atoms with E-state index in [9.17, 15) is 9.59 Å². The maximum Gasteiger partial charge on any atom is 0.306 e. The van der Waals surface area contributed by atoms with Gasteiger partial charge in [-0.25, -0.2) is 4.68 Å². The minimum absolute atomic E-state index is 0.0322. The molecular weight excluding hydrogens is 318 g/mol. The molecule has 132 valence electrons. The van der Waals surface area contributed by atoms with E-state index in [-0.39, 0.29) is 17.9 Å². The SMILES string of the molecule is Cc1cccc(-n2ncc(C(=O)NC3CCC(C(=O)O)CC3)c2C)c1. The molecule has 2 N–H and O–H groups in total. The van der Waals surface area contributed by atoms with Gasteiger partial charge in [-0.05, 0) is 57.2 Å². The van der Waals surface area contributed by atoms with E-state index in [1.165, 1.54) is 0 Å². The average Bonchev–Trinajstić information content (AvgIpc) is 2.97. The molecule has 1 aromatic carbocycles. The number of rotatable bonds is 4. The Hall–Kier alpha value is -2.63. The van der Waals surface area contributed by atoms with Crippen molar-refractivity contribution in [2.24, 2.45) is 5.92 Å². The van der Waals surface area contributed by atoms with Crippen molar-refractivity contribution in [3.8, 4) is 5.69 Å². The van der Waals surface area contributed by atoms with Crippen molar-refractivity contribution in [2.45, 2.75) is 45.6 Å². The maximum absolute atomic E-state index is 12.6. The fourth-order valence-electron chi connectivity index (χ4n) is 3.40. The lowest BCUT2D eigenvalue weighted by atomic mass is 9.86. The standard InChI is InChI=1S/C19H23N3O3/c1-12-4-3-5-16(10-12)22-13(2)17(11-20-22)18(23)21-15-8-6-14(7-9-15)19(24)25/h3-5,10-11,14-15H,6-9H2,1-2H3,(H,21,23)(H,24,25). The van der Waals surface area contributed by atoms with Crippen LogP contribution in [0, 0.1) is 19.8 Å². The number of carbonyl (C=O) groups is 2. The molecule has 1 heterocycles. The van der Waals surface area contributed by atoms with Gasteiger partial charge in [0.05, 0.1) is 29.1 Å². The van der Waals surface area contributed by atoms with Gasteiger partial charge < -0.3 is 10.4 Å². The normalized spacial score (nSPS) is 20.2. The lowest BCUT2D eigenvalue weighted by Crippen LogP contribution is -2.38. The number of nitrogens with one attached hydrogen (secondary N) is 1. The molecule has 0 bridgehead atoms. The molecule has 6 heteroatoms. The van der Waals surface area contributed by atoms with E-state index in [1.54, 1.807) is 10.9 Å². The summed E-state index contributed by atoms with van der Waals surface area (Å²) in [6.07, 6.45) is 4.22. The van der Waals surface area contributed by atoms with Crippen LogP contribution in [-0.4, -0.2) is 32.8 Å². The van der Waals surface area contributed by atoms with Gasteiger partial charge in [-0.1, -0.05) is 12.1 Å². The molecule has 1 amide bonds. The Kier molecular flexibility index (Phi) is 4.88. The van der Waals surface area contributed by atoms with Crippen molar-refractivity contribution in [3.63, 3.8) is 0 Å². The van der Waals surface area contributed by atoms with Crippen molar-refractivity contribution >= 4 is 11.9 Å². The van der Waals surface area contributed by atoms with Crippen molar-refractivity contribution in [1.29, 1.82) is 0 Å². The van der Waals surface area contributed by atoms with Crippen molar-refractivity contribution in [3.05, 3.63) is 47.3 Å². The van der Waals surface area contributed by atoms with Gasteiger partial charge in [0.1, 0.15) is 0 Å². The Morgan fingerprint density at radius 2 is 1.92 bits per heavy atom. The number of amides is 1. The third-order valence-electron chi connectivity index (χ3n) is 4.91. The van der Waals surface area contributed by atoms with Crippen molar-refractivity contribution in [1.82, 2.24) is 15.1 Å². The van der Waals surface area contributed by atoms with Crippen molar-refractivity contribution in [2.75, 3.05) is 0 Å². The Balaban J connectivity index is 1.69. The van der Waals surface area contributed by atoms with Crippen LogP contribution in [0.5, 0.6) is 0 Å². The molecular formula is C19H23N3O3. The van der Waals surface area contributed by atoms with Crippen LogP contribution < -0.4 is 5.32 Å². The summed E-state index contributed by atoms with van der Waals surface area (Å²) in [6, 6.07) is 8.00. The van der Waals surface area contributed by atoms with Crippen LogP contribution in [-0.2, 0) is 4.79 Å². The first-order chi connectivity index (χ1) is 12.0. The van der Waals surface area contributed by atoms with Crippen LogP contribution in [0.3, 0.4) is 0 Å².